The molecule has 0 bridgehead atoms. The molecule has 5 heteroatoms. The second-order valence-electron chi connectivity index (χ2n) is 4.32. The number of aryl methyl sites for hydroxylation is 1. The number of rotatable bonds is 3. The van der Waals surface area contributed by atoms with Crippen molar-refractivity contribution in [2.45, 2.75) is 13.3 Å². The quantitative estimate of drug-likeness (QED) is 0.696. The lowest BCUT2D eigenvalue weighted by Crippen LogP contribution is -1.89. The summed E-state index contributed by atoms with van der Waals surface area (Å²) in [6, 6.07) is 4.08. The van der Waals surface area contributed by atoms with E-state index in [0.717, 1.165) is 32.7 Å². The molecular weight excluding hydrogens is 334 g/mol. The highest BCUT2D eigenvalue weighted by Crippen LogP contribution is 2.30. The molecule has 0 saturated heterocycles. The van der Waals surface area contributed by atoms with Crippen LogP contribution in [0.2, 0.25) is 0 Å². The fourth-order valence-corrected chi connectivity index (χ4v) is 3.19. The minimum absolute atomic E-state index is 0.961. The van der Waals surface area contributed by atoms with Gasteiger partial charge in [-0.3, -0.25) is 9.97 Å². The highest BCUT2D eigenvalue weighted by molar-refractivity contribution is 9.10. The first-order chi connectivity index (χ1) is 9.78. The van der Waals surface area contributed by atoms with Gasteiger partial charge in [-0.2, -0.15) is 0 Å². The van der Waals surface area contributed by atoms with Crippen LogP contribution in [0, 0.1) is 0 Å². The van der Waals surface area contributed by atoms with Crippen LogP contribution in [0.1, 0.15) is 12.5 Å². The zero-order chi connectivity index (χ0) is 13.9. The Kier molecular flexibility index (Phi) is 3.89. The number of halogens is 1. The Morgan fingerprint density at radius 1 is 1.20 bits per heavy atom. The Morgan fingerprint density at radius 2 is 2.10 bits per heavy atom. The standard InChI is InChI=1S/C15H12BrN3S/c1-2-10-3-4-17-8-13(10)14-9-20-15(19-14)11-5-12(16)7-18-6-11/h3-9H,2H2,1H3. The topological polar surface area (TPSA) is 38.7 Å². The largest absolute Gasteiger partial charge is 0.264 e. The lowest BCUT2D eigenvalue weighted by Gasteiger charge is -2.03. The summed E-state index contributed by atoms with van der Waals surface area (Å²) in [5.41, 5.74) is 4.39. The maximum absolute atomic E-state index is 4.72. The molecule has 0 radical (unpaired) electrons. The summed E-state index contributed by atoms with van der Waals surface area (Å²) in [4.78, 5) is 13.1. The molecule has 3 rings (SSSR count). The van der Waals surface area contributed by atoms with Crippen molar-refractivity contribution in [1.82, 2.24) is 15.0 Å². The zero-order valence-corrected chi connectivity index (χ0v) is 13.3. The molecule has 0 fully saturated rings. The van der Waals surface area contributed by atoms with Gasteiger partial charge in [0.2, 0.25) is 0 Å². The molecule has 0 spiro atoms. The van der Waals surface area contributed by atoms with Gasteiger partial charge >= 0.3 is 0 Å². The van der Waals surface area contributed by atoms with E-state index in [0.29, 0.717) is 0 Å². The van der Waals surface area contributed by atoms with E-state index in [2.05, 4.69) is 44.3 Å². The molecule has 100 valence electrons. The second kappa shape index (κ2) is 5.81. The fraction of sp³-hybridized carbons (Fsp3) is 0.133. The smallest absolute Gasteiger partial charge is 0.125 e. The summed E-state index contributed by atoms with van der Waals surface area (Å²) >= 11 is 5.06. The van der Waals surface area contributed by atoms with Gasteiger partial charge in [0.25, 0.3) is 0 Å². The first-order valence-electron chi connectivity index (χ1n) is 6.27. The summed E-state index contributed by atoms with van der Waals surface area (Å²) in [7, 11) is 0. The van der Waals surface area contributed by atoms with E-state index in [1.807, 2.05) is 24.7 Å². The lowest BCUT2D eigenvalue weighted by atomic mass is 10.1. The van der Waals surface area contributed by atoms with Crippen LogP contribution in [0.25, 0.3) is 21.8 Å². The van der Waals surface area contributed by atoms with Crippen LogP contribution in [0.4, 0.5) is 0 Å². The van der Waals surface area contributed by atoms with Crippen LogP contribution in [0.5, 0.6) is 0 Å². The highest BCUT2D eigenvalue weighted by Gasteiger charge is 2.10. The molecule has 0 atom stereocenters. The lowest BCUT2D eigenvalue weighted by molar-refractivity contribution is 1.12. The summed E-state index contributed by atoms with van der Waals surface area (Å²) in [6.07, 6.45) is 8.29. The van der Waals surface area contributed by atoms with E-state index in [9.17, 15) is 0 Å². The maximum atomic E-state index is 4.72. The molecule has 3 heterocycles. The van der Waals surface area contributed by atoms with Crippen molar-refractivity contribution < 1.29 is 0 Å². The van der Waals surface area contributed by atoms with Crippen molar-refractivity contribution in [2.75, 3.05) is 0 Å². The van der Waals surface area contributed by atoms with Gasteiger partial charge in [-0.25, -0.2) is 4.98 Å². The molecule has 3 nitrogen and oxygen atoms in total. The van der Waals surface area contributed by atoms with E-state index >= 15 is 0 Å². The normalized spacial score (nSPS) is 10.7. The summed E-state index contributed by atoms with van der Waals surface area (Å²) < 4.78 is 0.961. The van der Waals surface area contributed by atoms with Gasteiger partial charge in [0.05, 0.1) is 5.69 Å². The molecule has 0 saturated carbocycles. The number of thiazole rings is 1. The van der Waals surface area contributed by atoms with Crippen molar-refractivity contribution in [3.05, 3.63) is 52.3 Å². The molecule has 0 amide bonds. The molecule has 0 aliphatic rings. The monoisotopic (exact) mass is 345 g/mol. The van der Waals surface area contributed by atoms with Gasteiger partial charge in [0.1, 0.15) is 5.01 Å². The van der Waals surface area contributed by atoms with Crippen LogP contribution < -0.4 is 0 Å². The first kappa shape index (κ1) is 13.4. The average Bonchev–Trinajstić information content (AvgIpc) is 2.97. The molecule has 3 aromatic rings. The Labute approximate surface area is 129 Å². The molecule has 20 heavy (non-hydrogen) atoms. The SMILES string of the molecule is CCc1ccncc1-c1csc(-c2cncc(Br)c2)n1. The molecule has 0 unspecified atom stereocenters. The third-order valence-corrected chi connectivity index (χ3v) is 4.35. The molecule has 0 aliphatic carbocycles. The molecule has 3 aromatic heterocycles. The van der Waals surface area contributed by atoms with Gasteiger partial charge in [-0.1, -0.05) is 6.92 Å². The predicted molar refractivity (Wildman–Crippen MR) is 85.7 cm³/mol. The summed E-state index contributed by atoms with van der Waals surface area (Å²) in [6.45, 7) is 2.14. The minimum Gasteiger partial charge on any atom is -0.264 e. The van der Waals surface area contributed by atoms with Gasteiger partial charge in [-0.15, -0.1) is 11.3 Å². The van der Waals surface area contributed by atoms with Crippen molar-refractivity contribution >= 4 is 27.3 Å². The van der Waals surface area contributed by atoms with Crippen molar-refractivity contribution in [2.24, 2.45) is 0 Å². The van der Waals surface area contributed by atoms with Crippen LogP contribution >= 0.6 is 27.3 Å². The van der Waals surface area contributed by atoms with Gasteiger partial charge in [0.15, 0.2) is 0 Å². The van der Waals surface area contributed by atoms with Gasteiger partial charge < -0.3 is 0 Å². The third-order valence-electron chi connectivity index (χ3n) is 3.02. The fourth-order valence-electron chi connectivity index (χ4n) is 2.02. The Balaban J connectivity index is 2.02. The predicted octanol–water partition coefficient (Wildman–Crippen LogP) is 4.59. The first-order valence-corrected chi connectivity index (χ1v) is 7.95. The number of hydrogen-bond acceptors (Lipinski definition) is 4. The Hall–Kier alpha value is -1.59. The van der Waals surface area contributed by atoms with Crippen LogP contribution in [0.3, 0.4) is 0 Å². The van der Waals surface area contributed by atoms with Crippen molar-refractivity contribution in [1.29, 1.82) is 0 Å². The second-order valence-corrected chi connectivity index (χ2v) is 6.09. The molecular formula is C15H12BrN3S. The number of hydrogen-bond donors (Lipinski definition) is 0. The van der Waals surface area contributed by atoms with Crippen LogP contribution in [0.15, 0.2) is 46.8 Å². The average molecular weight is 346 g/mol. The molecule has 0 aromatic carbocycles. The van der Waals surface area contributed by atoms with E-state index < -0.39 is 0 Å². The number of aromatic nitrogens is 3. The minimum atomic E-state index is 0.961. The summed E-state index contributed by atoms with van der Waals surface area (Å²) in [5.74, 6) is 0. The van der Waals surface area contributed by atoms with Crippen molar-refractivity contribution in [3.63, 3.8) is 0 Å². The van der Waals surface area contributed by atoms with Crippen LogP contribution in [-0.4, -0.2) is 15.0 Å². The van der Waals surface area contributed by atoms with Crippen molar-refractivity contribution in [3.8, 4) is 21.8 Å². The summed E-state index contributed by atoms with van der Waals surface area (Å²) in [5, 5.41) is 3.05. The molecule has 0 aliphatic heterocycles. The maximum Gasteiger partial charge on any atom is 0.125 e. The van der Waals surface area contributed by atoms with Gasteiger partial charge in [-0.05, 0) is 40.0 Å². The number of pyridine rings is 2. The third kappa shape index (κ3) is 2.64. The Morgan fingerprint density at radius 3 is 2.90 bits per heavy atom. The number of nitrogens with zero attached hydrogens (tertiary/aromatic N) is 3. The van der Waals surface area contributed by atoms with E-state index in [-0.39, 0.29) is 0 Å². The van der Waals surface area contributed by atoms with Gasteiger partial charge in [0, 0.05) is 45.8 Å². The van der Waals surface area contributed by atoms with E-state index in [1.165, 1.54) is 5.56 Å². The Bertz CT molecular complexity index is 739. The van der Waals surface area contributed by atoms with Crippen LogP contribution in [-0.2, 0) is 6.42 Å². The van der Waals surface area contributed by atoms with E-state index in [4.69, 9.17) is 4.98 Å². The highest BCUT2D eigenvalue weighted by atomic mass is 79.9. The van der Waals surface area contributed by atoms with E-state index in [1.54, 1.807) is 17.5 Å². The zero-order valence-electron chi connectivity index (χ0n) is 10.9. The molecule has 0 N–H and O–H groups in total.